The van der Waals surface area contributed by atoms with E-state index in [4.69, 9.17) is 0 Å². The fraction of sp³-hybridized carbons (Fsp3) is 0.217. The topological polar surface area (TPSA) is 84.5 Å². The highest BCUT2D eigenvalue weighted by Gasteiger charge is 2.28. The van der Waals surface area contributed by atoms with E-state index in [1.165, 1.54) is 5.01 Å². The molecule has 0 radical (unpaired) electrons. The van der Waals surface area contributed by atoms with Crippen molar-refractivity contribution < 1.29 is 9.59 Å². The van der Waals surface area contributed by atoms with Gasteiger partial charge in [0.15, 0.2) is 0 Å². The predicted molar refractivity (Wildman–Crippen MR) is 125 cm³/mol. The summed E-state index contributed by atoms with van der Waals surface area (Å²) in [6.07, 6.45) is 0. The van der Waals surface area contributed by atoms with E-state index in [2.05, 4.69) is 15.5 Å². The van der Waals surface area contributed by atoms with Crippen molar-refractivity contribution in [1.29, 1.82) is 0 Å². The Hall–Kier alpha value is -3.72. The SMILES string of the molecule is Cc1nn(C)c(C)c1NC(=O)CN1N=C(c2ccccc2)Cn2c(cc3sccc32)C1=O. The smallest absolute Gasteiger partial charge is 0.291 e. The highest BCUT2D eigenvalue weighted by atomic mass is 32.1. The van der Waals surface area contributed by atoms with Gasteiger partial charge in [-0.1, -0.05) is 30.3 Å². The van der Waals surface area contributed by atoms with Gasteiger partial charge in [-0.3, -0.25) is 14.3 Å². The van der Waals surface area contributed by atoms with Crippen molar-refractivity contribution in [1.82, 2.24) is 19.4 Å². The van der Waals surface area contributed by atoms with Crippen LogP contribution in [0.25, 0.3) is 10.2 Å². The van der Waals surface area contributed by atoms with Crippen molar-refractivity contribution >= 4 is 44.8 Å². The van der Waals surface area contributed by atoms with Gasteiger partial charge in [-0.2, -0.15) is 10.2 Å². The molecule has 1 N–H and O–H groups in total. The van der Waals surface area contributed by atoms with Gasteiger partial charge in [-0.25, -0.2) is 5.01 Å². The number of aryl methyl sites for hydroxylation is 2. The Balaban J connectivity index is 1.51. The Morgan fingerprint density at radius 1 is 1.19 bits per heavy atom. The van der Waals surface area contributed by atoms with Crippen LogP contribution >= 0.6 is 11.3 Å². The fourth-order valence-corrected chi connectivity index (χ4v) is 4.81. The molecule has 0 unspecified atom stereocenters. The lowest BCUT2D eigenvalue weighted by Gasteiger charge is -2.16. The molecule has 0 spiro atoms. The summed E-state index contributed by atoms with van der Waals surface area (Å²) < 4.78 is 4.73. The number of hydrogen-bond donors (Lipinski definition) is 1. The number of hydrogen-bond acceptors (Lipinski definition) is 5. The molecule has 1 aliphatic rings. The van der Waals surface area contributed by atoms with Crippen molar-refractivity contribution in [3.05, 3.63) is 70.5 Å². The second-order valence-electron chi connectivity index (χ2n) is 7.78. The van der Waals surface area contributed by atoms with E-state index < -0.39 is 0 Å². The number of rotatable bonds is 4. The minimum Gasteiger partial charge on any atom is -0.330 e. The van der Waals surface area contributed by atoms with Crippen LogP contribution in [0.15, 0.2) is 52.9 Å². The molecule has 2 amide bonds. The molecular formula is C23H22N6O2S. The second kappa shape index (κ2) is 7.76. The van der Waals surface area contributed by atoms with Crippen molar-refractivity contribution in [2.75, 3.05) is 11.9 Å². The number of anilines is 1. The number of fused-ring (bicyclic) bond motifs is 3. The zero-order chi connectivity index (χ0) is 22.4. The van der Waals surface area contributed by atoms with Crippen LogP contribution in [0.4, 0.5) is 5.69 Å². The number of carbonyl (C=O) groups excluding carboxylic acids is 2. The van der Waals surface area contributed by atoms with Crippen LogP contribution in [-0.2, 0) is 18.4 Å². The maximum atomic E-state index is 13.4. The van der Waals surface area contributed by atoms with E-state index in [0.717, 1.165) is 32.9 Å². The summed E-state index contributed by atoms with van der Waals surface area (Å²) >= 11 is 1.59. The van der Waals surface area contributed by atoms with Gasteiger partial charge in [-0.05, 0) is 36.9 Å². The highest BCUT2D eigenvalue weighted by Crippen LogP contribution is 2.28. The summed E-state index contributed by atoms with van der Waals surface area (Å²) in [6, 6.07) is 13.6. The van der Waals surface area contributed by atoms with Crippen LogP contribution in [0.1, 0.15) is 27.4 Å². The maximum absolute atomic E-state index is 13.4. The minimum absolute atomic E-state index is 0.193. The Bertz CT molecular complexity index is 1380. The zero-order valence-corrected chi connectivity index (χ0v) is 18.8. The van der Waals surface area contributed by atoms with E-state index in [1.807, 2.05) is 73.3 Å². The molecule has 1 aliphatic heterocycles. The summed E-state index contributed by atoms with van der Waals surface area (Å²) in [5.74, 6) is -0.621. The van der Waals surface area contributed by atoms with Crippen LogP contribution < -0.4 is 5.32 Å². The van der Waals surface area contributed by atoms with Crippen LogP contribution in [0, 0.1) is 13.8 Å². The summed E-state index contributed by atoms with van der Waals surface area (Å²) in [7, 11) is 1.83. The lowest BCUT2D eigenvalue weighted by molar-refractivity contribution is -0.116. The number of amides is 2. The summed E-state index contributed by atoms with van der Waals surface area (Å²) in [4.78, 5) is 26.3. The normalized spacial score (nSPS) is 13.8. The molecule has 5 rings (SSSR count). The number of carbonyl (C=O) groups is 2. The molecular weight excluding hydrogens is 424 g/mol. The van der Waals surface area contributed by atoms with Crippen LogP contribution in [0.2, 0.25) is 0 Å². The Morgan fingerprint density at radius 3 is 2.69 bits per heavy atom. The van der Waals surface area contributed by atoms with Gasteiger partial charge in [0.2, 0.25) is 5.91 Å². The summed E-state index contributed by atoms with van der Waals surface area (Å²) in [5, 5.41) is 15.1. The number of hydrazone groups is 1. The van der Waals surface area contributed by atoms with E-state index >= 15 is 0 Å². The number of thiophene rings is 1. The van der Waals surface area contributed by atoms with Gasteiger partial charge in [0.05, 0.1) is 39.5 Å². The lowest BCUT2D eigenvalue weighted by Crippen LogP contribution is -2.34. The van der Waals surface area contributed by atoms with Gasteiger partial charge in [-0.15, -0.1) is 11.3 Å². The molecule has 0 saturated carbocycles. The van der Waals surface area contributed by atoms with Gasteiger partial charge in [0, 0.05) is 7.05 Å². The number of benzene rings is 1. The Labute approximate surface area is 188 Å². The number of nitrogens with zero attached hydrogens (tertiary/aromatic N) is 5. The van der Waals surface area contributed by atoms with Gasteiger partial charge >= 0.3 is 0 Å². The molecule has 0 fully saturated rings. The fourth-order valence-electron chi connectivity index (χ4n) is 3.99. The molecule has 32 heavy (non-hydrogen) atoms. The quantitative estimate of drug-likeness (QED) is 0.520. The van der Waals surface area contributed by atoms with Gasteiger partial charge in [0.1, 0.15) is 12.2 Å². The second-order valence-corrected chi connectivity index (χ2v) is 8.73. The largest absolute Gasteiger partial charge is 0.330 e. The molecule has 0 bridgehead atoms. The van der Waals surface area contributed by atoms with Crippen molar-refractivity contribution in [3.63, 3.8) is 0 Å². The van der Waals surface area contributed by atoms with E-state index in [9.17, 15) is 9.59 Å². The summed E-state index contributed by atoms with van der Waals surface area (Å²) in [5.41, 5.74) is 5.40. The van der Waals surface area contributed by atoms with Gasteiger partial charge in [0.25, 0.3) is 5.91 Å². The van der Waals surface area contributed by atoms with Crippen LogP contribution in [0.5, 0.6) is 0 Å². The Morgan fingerprint density at radius 2 is 1.97 bits per heavy atom. The van der Waals surface area contributed by atoms with Crippen LogP contribution in [0.3, 0.4) is 0 Å². The highest BCUT2D eigenvalue weighted by molar-refractivity contribution is 7.17. The molecule has 162 valence electrons. The number of nitrogens with one attached hydrogen (secondary N) is 1. The van der Waals surface area contributed by atoms with E-state index in [1.54, 1.807) is 16.0 Å². The molecule has 4 aromatic rings. The molecule has 8 nitrogen and oxygen atoms in total. The van der Waals surface area contributed by atoms with E-state index in [0.29, 0.717) is 17.9 Å². The average Bonchev–Trinajstić information content (AvgIpc) is 3.41. The molecule has 4 heterocycles. The third kappa shape index (κ3) is 3.40. The third-order valence-electron chi connectivity index (χ3n) is 5.70. The summed E-state index contributed by atoms with van der Waals surface area (Å²) in [6.45, 7) is 3.98. The third-order valence-corrected chi connectivity index (χ3v) is 6.55. The standard InChI is InChI=1S/C23H22N6O2S/c1-14-22(15(2)27(3)25-14)24-21(30)13-29-23(31)19-11-20-18(9-10-32-20)28(19)12-17(26-29)16-7-5-4-6-8-16/h4-11H,12-13H2,1-3H3,(H,24,30). The molecule has 0 aliphatic carbocycles. The first-order valence-corrected chi connectivity index (χ1v) is 11.1. The van der Waals surface area contributed by atoms with Crippen molar-refractivity contribution in [2.45, 2.75) is 20.4 Å². The molecule has 0 atom stereocenters. The lowest BCUT2D eigenvalue weighted by atomic mass is 10.1. The molecule has 9 heteroatoms. The first-order valence-electron chi connectivity index (χ1n) is 10.2. The zero-order valence-electron chi connectivity index (χ0n) is 18.0. The van der Waals surface area contributed by atoms with Crippen molar-refractivity contribution in [2.24, 2.45) is 12.1 Å². The van der Waals surface area contributed by atoms with Crippen molar-refractivity contribution in [3.8, 4) is 0 Å². The predicted octanol–water partition coefficient (Wildman–Crippen LogP) is 3.55. The molecule has 1 aromatic carbocycles. The molecule has 0 saturated heterocycles. The van der Waals surface area contributed by atoms with E-state index in [-0.39, 0.29) is 18.4 Å². The first-order chi connectivity index (χ1) is 15.4. The first kappa shape index (κ1) is 20.2. The Kier molecular flexibility index (Phi) is 4.90. The molecule has 3 aromatic heterocycles. The monoisotopic (exact) mass is 446 g/mol. The average molecular weight is 447 g/mol. The van der Waals surface area contributed by atoms with Crippen LogP contribution in [-0.4, -0.2) is 43.4 Å². The number of aromatic nitrogens is 3. The maximum Gasteiger partial charge on any atom is 0.291 e. The minimum atomic E-state index is -0.324. The van der Waals surface area contributed by atoms with Gasteiger partial charge < -0.3 is 9.88 Å².